The predicted molar refractivity (Wildman–Crippen MR) is 82.1 cm³/mol. The Morgan fingerprint density at radius 1 is 1.04 bits per heavy atom. The molecule has 2 aromatic carbocycles. The molecule has 0 aliphatic heterocycles. The third-order valence-electron chi connectivity index (χ3n) is 3.19. The van der Waals surface area contributed by atoms with Gasteiger partial charge in [0.1, 0.15) is 18.1 Å². The molecular formula is C17H16O6. The molecule has 6 heteroatoms. The van der Waals surface area contributed by atoms with Gasteiger partial charge in [-0.15, -0.1) is 0 Å². The number of carbonyl (C=O) groups is 2. The van der Waals surface area contributed by atoms with Gasteiger partial charge in [-0.1, -0.05) is 12.1 Å². The van der Waals surface area contributed by atoms with E-state index in [2.05, 4.69) is 0 Å². The summed E-state index contributed by atoms with van der Waals surface area (Å²) in [5, 5.41) is 18.0. The Morgan fingerprint density at radius 2 is 1.83 bits per heavy atom. The van der Waals surface area contributed by atoms with Crippen molar-refractivity contribution < 1.29 is 29.3 Å². The monoisotopic (exact) mass is 316 g/mol. The molecule has 120 valence electrons. The molecule has 0 saturated heterocycles. The molecule has 0 amide bonds. The van der Waals surface area contributed by atoms with Crippen LogP contribution in [0.5, 0.6) is 11.5 Å². The van der Waals surface area contributed by atoms with Gasteiger partial charge in [0.15, 0.2) is 0 Å². The minimum Gasteiger partial charge on any atom is -0.497 e. The predicted octanol–water partition coefficient (Wildman–Crippen LogP) is 2.60. The second-order valence-electron chi connectivity index (χ2n) is 4.83. The molecule has 0 unspecified atom stereocenters. The summed E-state index contributed by atoms with van der Waals surface area (Å²) in [5.74, 6) is -0.967. The number of methoxy groups -OCH3 is 1. The van der Waals surface area contributed by atoms with Crippen molar-refractivity contribution in [3.8, 4) is 11.5 Å². The molecule has 0 aliphatic carbocycles. The summed E-state index contributed by atoms with van der Waals surface area (Å²) in [6.45, 7) is 0.0371. The highest BCUT2D eigenvalue weighted by atomic mass is 16.5. The minimum absolute atomic E-state index is 0.0371. The van der Waals surface area contributed by atoms with Crippen LogP contribution in [0.1, 0.15) is 21.5 Å². The molecule has 6 nitrogen and oxygen atoms in total. The molecule has 0 bridgehead atoms. The van der Waals surface area contributed by atoms with E-state index >= 15 is 0 Å². The number of carboxylic acids is 2. The number of hydrogen-bond donors (Lipinski definition) is 2. The zero-order valence-electron chi connectivity index (χ0n) is 12.5. The summed E-state index contributed by atoms with van der Waals surface area (Å²) in [6.07, 6.45) is -0.100. The van der Waals surface area contributed by atoms with Crippen molar-refractivity contribution in [1.82, 2.24) is 0 Å². The Labute approximate surface area is 132 Å². The van der Waals surface area contributed by atoms with Gasteiger partial charge in [-0.05, 0) is 35.9 Å². The molecule has 23 heavy (non-hydrogen) atoms. The van der Waals surface area contributed by atoms with Crippen molar-refractivity contribution in [1.29, 1.82) is 0 Å². The molecule has 0 atom stereocenters. The van der Waals surface area contributed by atoms with E-state index in [1.807, 2.05) is 0 Å². The van der Waals surface area contributed by atoms with E-state index in [0.29, 0.717) is 22.6 Å². The van der Waals surface area contributed by atoms with Crippen molar-refractivity contribution in [2.45, 2.75) is 13.0 Å². The van der Waals surface area contributed by atoms with Crippen molar-refractivity contribution in [3.63, 3.8) is 0 Å². The molecule has 0 aromatic heterocycles. The van der Waals surface area contributed by atoms with Crippen LogP contribution in [0.4, 0.5) is 0 Å². The number of aromatic carboxylic acids is 1. The van der Waals surface area contributed by atoms with Gasteiger partial charge in [-0.3, -0.25) is 4.79 Å². The van der Waals surface area contributed by atoms with Gasteiger partial charge >= 0.3 is 11.9 Å². The first-order valence-corrected chi connectivity index (χ1v) is 6.83. The van der Waals surface area contributed by atoms with Crippen LogP contribution in [0.3, 0.4) is 0 Å². The fourth-order valence-electron chi connectivity index (χ4n) is 2.11. The van der Waals surface area contributed by atoms with Crippen molar-refractivity contribution in [2.75, 3.05) is 7.11 Å². The number of ether oxygens (including phenoxy) is 2. The van der Waals surface area contributed by atoms with Crippen LogP contribution >= 0.6 is 0 Å². The number of carboxylic acid groups (broad SMARTS) is 2. The van der Waals surface area contributed by atoms with E-state index in [0.717, 1.165) is 0 Å². The maximum absolute atomic E-state index is 11.2. The van der Waals surface area contributed by atoms with Crippen LogP contribution in [0.25, 0.3) is 0 Å². The Kier molecular flexibility index (Phi) is 5.19. The fourth-order valence-corrected chi connectivity index (χ4v) is 2.11. The second kappa shape index (κ2) is 7.31. The van der Waals surface area contributed by atoms with E-state index in [-0.39, 0.29) is 18.6 Å². The SMILES string of the molecule is COc1ccc(C(=O)O)c(COc2cccc(CC(=O)O)c2)c1. The molecule has 0 heterocycles. The molecule has 0 saturated carbocycles. The topological polar surface area (TPSA) is 93.1 Å². The lowest BCUT2D eigenvalue weighted by molar-refractivity contribution is -0.136. The first kappa shape index (κ1) is 16.4. The second-order valence-corrected chi connectivity index (χ2v) is 4.83. The summed E-state index contributed by atoms with van der Waals surface area (Å²) in [5.41, 5.74) is 1.21. The normalized spacial score (nSPS) is 10.1. The minimum atomic E-state index is -1.05. The Balaban J connectivity index is 2.17. The summed E-state index contributed by atoms with van der Waals surface area (Å²) in [6, 6.07) is 11.3. The van der Waals surface area contributed by atoms with Gasteiger partial charge in [0.25, 0.3) is 0 Å². The summed E-state index contributed by atoms with van der Waals surface area (Å²) in [7, 11) is 1.50. The Bertz CT molecular complexity index is 723. The number of hydrogen-bond acceptors (Lipinski definition) is 4. The third-order valence-corrected chi connectivity index (χ3v) is 3.19. The lowest BCUT2D eigenvalue weighted by Gasteiger charge is -2.11. The Morgan fingerprint density at radius 3 is 2.48 bits per heavy atom. The summed E-state index contributed by atoms with van der Waals surface area (Å²) < 4.78 is 10.7. The van der Waals surface area contributed by atoms with Crippen LogP contribution in [0, 0.1) is 0 Å². The lowest BCUT2D eigenvalue weighted by Crippen LogP contribution is -2.06. The van der Waals surface area contributed by atoms with Crippen LogP contribution < -0.4 is 9.47 Å². The molecular weight excluding hydrogens is 300 g/mol. The Hall–Kier alpha value is -3.02. The smallest absolute Gasteiger partial charge is 0.336 e. The van der Waals surface area contributed by atoms with Crippen LogP contribution in [0.2, 0.25) is 0 Å². The van der Waals surface area contributed by atoms with E-state index in [1.54, 1.807) is 36.4 Å². The lowest BCUT2D eigenvalue weighted by atomic mass is 10.1. The first-order valence-electron chi connectivity index (χ1n) is 6.83. The fraction of sp³-hybridized carbons (Fsp3) is 0.176. The van der Waals surface area contributed by atoms with Crippen molar-refractivity contribution in [2.24, 2.45) is 0 Å². The molecule has 2 rings (SSSR count). The number of rotatable bonds is 7. The first-order chi connectivity index (χ1) is 11.0. The molecule has 0 radical (unpaired) electrons. The van der Waals surface area contributed by atoms with Crippen LogP contribution in [-0.2, 0) is 17.8 Å². The van der Waals surface area contributed by atoms with E-state index < -0.39 is 11.9 Å². The van der Waals surface area contributed by atoms with E-state index in [4.69, 9.17) is 14.6 Å². The zero-order chi connectivity index (χ0) is 16.8. The van der Waals surface area contributed by atoms with Gasteiger partial charge in [0.2, 0.25) is 0 Å². The van der Waals surface area contributed by atoms with Crippen LogP contribution in [0.15, 0.2) is 42.5 Å². The highest BCUT2D eigenvalue weighted by Crippen LogP contribution is 2.21. The molecule has 0 spiro atoms. The van der Waals surface area contributed by atoms with Gasteiger partial charge in [0.05, 0.1) is 19.1 Å². The van der Waals surface area contributed by atoms with Crippen LogP contribution in [-0.4, -0.2) is 29.3 Å². The largest absolute Gasteiger partial charge is 0.497 e. The van der Waals surface area contributed by atoms with Crippen molar-refractivity contribution in [3.05, 3.63) is 59.2 Å². The van der Waals surface area contributed by atoms with Gasteiger partial charge in [-0.2, -0.15) is 0 Å². The maximum atomic E-state index is 11.2. The third kappa shape index (κ3) is 4.47. The van der Waals surface area contributed by atoms with Crippen molar-refractivity contribution >= 4 is 11.9 Å². The highest BCUT2D eigenvalue weighted by Gasteiger charge is 2.12. The molecule has 2 N–H and O–H groups in total. The van der Waals surface area contributed by atoms with Gasteiger partial charge in [-0.25, -0.2) is 4.79 Å². The number of benzene rings is 2. The molecule has 0 fully saturated rings. The quantitative estimate of drug-likeness (QED) is 0.815. The average molecular weight is 316 g/mol. The highest BCUT2D eigenvalue weighted by molar-refractivity contribution is 5.89. The zero-order valence-corrected chi connectivity index (χ0v) is 12.5. The van der Waals surface area contributed by atoms with Gasteiger partial charge in [0, 0.05) is 5.56 Å². The summed E-state index contributed by atoms with van der Waals surface area (Å²) in [4.78, 5) is 22.0. The maximum Gasteiger partial charge on any atom is 0.336 e. The van der Waals surface area contributed by atoms with E-state index in [1.165, 1.54) is 13.2 Å². The summed E-state index contributed by atoms with van der Waals surface area (Å²) >= 11 is 0. The standard InChI is InChI=1S/C17H16O6/c1-22-13-5-6-15(17(20)21)12(9-13)10-23-14-4-2-3-11(7-14)8-16(18)19/h2-7,9H,8,10H2,1H3,(H,18,19)(H,20,21). The number of aliphatic carboxylic acids is 1. The van der Waals surface area contributed by atoms with Gasteiger partial charge < -0.3 is 19.7 Å². The van der Waals surface area contributed by atoms with E-state index in [9.17, 15) is 14.7 Å². The molecule has 0 aliphatic rings. The average Bonchev–Trinajstić information content (AvgIpc) is 2.52. The molecule has 2 aromatic rings.